The molecule has 0 saturated carbocycles. The number of nitrogens with zero attached hydrogens (tertiary/aromatic N) is 2. The maximum atomic E-state index is 5.93. The van der Waals surface area contributed by atoms with E-state index in [1.54, 1.807) is 0 Å². The first-order valence-corrected chi connectivity index (χ1v) is 7.29. The van der Waals surface area contributed by atoms with Gasteiger partial charge in [-0.1, -0.05) is 23.7 Å². The summed E-state index contributed by atoms with van der Waals surface area (Å²) in [6.07, 6.45) is 0. The summed E-state index contributed by atoms with van der Waals surface area (Å²) in [5, 5.41) is 8.88. The van der Waals surface area contributed by atoms with Gasteiger partial charge in [0, 0.05) is 35.4 Å². The fraction of sp³-hybridized carbons (Fsp3) is 0.438. The van der Waals surface area contributed by atoms with Gasteiger partial charge >= 0.3 is 0 Å². The van der Waals surface area contributed by atoms with Gasteiger partial charge in [0.1, 0.15) is 0 Å². The van der Waals surface area contributed by atoms with Gasteiger partial charge in [-0.2, -0.15) is 5.10 Å². The highest BCUT2D eigenvalue weighted by atomic mass is 35.5. The highest BCUT2D eigenvalue weighted by Crippen LogP contribution is 2.24. The summed E-state index contributed by atoms with van der Waals surface area (Å²) >= 11 is 5.93. The molecule has 0 fully saturated rings. The van der Waals surface area contributed by atoms with Crippen molar-refractivity contribution in [1.82, 2.24) is 15.1 Å². The molecule has 20 heavy (non-hydrogen) atoms. The first kappa shape index (κ1) is 15.1. The zero-order chi connectivity index (χ0) is 14.9. The minimum absolute atomic E-state index is 0.259. The Labute approximate surface area is 126 Å². The summed E-state index contributed by atoms with van der Waals surface area (Å²) in [5.41, 5.74) is 4.83. The predicted octanol–water partition coefficient (Wildman–Crippen LogP) is 4.10. The smallest absolute Gasteiger partial charge is 0.0644 e. The van der Waals surface area contributed by atoms with Crippen molar-refractivity contribution in [2.45, 2.75) is 39.8 Å². The van der Waals surface area contributed by atoms with Gasteiger partial charge in [0.25, 0.3) is 0 Å². The average Bonchev–Trinajstić information content (AvgIpc) is 2.63. The van der Waals surface area contributed by atoms with Crippen LogP contribution < -0.4 is 5.32 Å². The molecular weight excluding hydrogens is 270 g/mol. The van der Waals surface area contributed by atoms with Gasteiger partial charge in [0.05, 0.1) is 5.69 Å². The predicted molar refractivity (Wildman–Crippen MR) is 84.1 cm³/mol. The monoisotopic (exact) mass is 291 g/mol. The molecule has 0 aliphatic carbocycles. The van der Waals surface area contributed by atoms with Crippen molar-refractivity contribution in [2.24, 2.45) is 7.05 Å². The van der Waals surface area contributed by atoms with Crippen LogP contribution in [0.5, 0.6) is 0 Å². The Bertz CT molecular complexity index is 587. The molecule has 0 aliphatic rings. The number of rotatable bonds is 4. The fourth-order valence-electron chi connectivity index (χ4n) is 2.72. The lowest BCUT2D eigenvalue weighted by atomic mass is 10.0. The van der Waals surface area contributed by atoms with Gasteiger partial charge in [0.2, 0.25) is 0 Å². The molecule has 0 radical (unpaired) electrons. The Morgan fingerprint density at radius 2 is 1.70 bits per heavy atom. The second-order valence-corrected chi connectivity index (χ2v) is 5.81. The standard InChI is InChI=1S/C16H22ClN3/c1-10(14-6-8-15(17)9-7-14)18-11(2)16-12(3)19-20(5)13(16)4/h6-11,18H,1-5H3/t10-,11?/m0/s1. The molecule has 0 aliphatic heterocycles. The molecule has 2 aromatic rings. The number of nitrogens with one attached hydrogen (secondary N) is 1. The van der Waals surface area contributed by atoms with Crippen LogP contribution in [0.2, 0.25) is 5.02 Å². The number of aryl methyl sites for hydroxylation is 2. The van der Waals surface area contributed by atoms with Crippen LogP contribution >= 0.6 is 11.6 Å². The second-order valence-electron chi connectivity index (χ2n) is 5.37. The van der Waals surface area contributed by atoms with Gasteiger partial charge in [-0.05, 0) is 45.4 Å². The molecule has 1 unspecified atom stereocenters. The summed E-state index contributed by atoms with van der Waals surface area (Å²) in [6.45, 7) is 8.53. The van der Waals surface area contributed by atoms with Crippen molar-refractivity contribution in [1.29, 1.82) is 0 Å². The van der Waals surface area contributed by atoms with Crippen LogP contribution in [0, 0.1) is 13.8 Å². The van der Waals surface area contributed by atoms with E-state index in [0.717, 1.165) is 10.7 Å². The van der Waals surface area contributed by atoms with Crippen LogP contribution in [0.1, 0.15) is 48.4 Å². The number of hydrogen-bond donors (Lipinski definition) is 1. The molecule has 2 atom stereocenters. The highest BCUT2D eigenvalue weighted by molar-refractivity contribution is 6.30. The summed E-state index contributed by atoms with van der Waals surface area (Å²) in [7, 11) is 1.99. The molecule has 0 saturated heterocycles. The molecule has 1 aromatic carbocycles. The molecule has 0 spiro atoms. The van der Waals surface area contributed by atoms with Gasteiger partial charge in [0.15, 0.2) is 0 Å². The lowest BCUT2D eigenvalue weighted by Crippen LogP contribution is -2.23. The Balaban J connectivity index is 2.14. The van der Waals surface area contributed by atoms with Crippen LogP contribution in [0.25, 0.3) is 0 Å². The van der Waals surface area contributed by atoms with Crippen LogP contribution in [-0.2, 0) is 7.05 Å². The molecule has 1 aromatic heterocycles. The highest BCUT2D eigenvalue weighted by Gasteiger charge is 2.18. The summed E-state index contributed by atoms with van der Waals surface area (Å²) < 4.78 is 1.94. The molecule has 3 nitrogen and oxygen atoms in total. The van der Waals surface area contributed by atoms with E-state index in [0.29, 0.717) is 0 Å². The van der Waals surface area contributed by atoms with Crippen molar-refractivity contribution < 1.29 is 0 Å². The van der Waals surface area contributed by atoms with Crippen LogP contribution in [0.4, 0.5) is 0 Å². The number of hydrogen-bond acceptors (Lipinski definition) is 2. The van der Waals surface area contributed by atoms with Crippen molar-refractivity contribution in [3.63, 3.8) is 0 Å². The van der Waals surface area contributed by atoms with Gasteiger partial charge < -0.3 is 5.32 Å². The van der Waals surface area contributed by atoms with Crippen molar-refractivity contribution in [2.75, 3.05) is 0 Å². The van der Waals surface area contributed by atoms with E-state index in [1.807, 2.05) is 23.9 Å². The van der Waals surface area contributed by atoms with Crippen molar-refractivity contribution >= 4 is 11.6 Å². The molecule has 108 valence electrons. The van der Waals surface area contributed by atoms with Crippen LogP contribution in [0.3, 0.4) is 0 Å². The molecule has 1 heterocycles. The van der Waals surface area contributed by atoms with Crippen molar-refractivity contribution in [3.05, 3.63) is 51.8 Å². The van der Waals surface area contributed by atoms with Gasteiger partial charge in [-0.3, -0.25) is 4.68 Å². The molecule has 2 rings (SSSR count). The zero-order valence-corrected chi connectivity index (χ0v) is 13.5. The Morgan fingerprint density at radius 1 is 1.10 bits per heavy atom. The molecule has 1 N–H and O–H groups in total. The summed E-state index contributed by atoms with van der Waals surface area (Å²) in [4.78, 5) is 0. The van der Waals surface area contributed by atoms with E-state index in [2.05, 4.69) is 50.2 Å². The summed E-state index contributed by atoms with van der Waals surface area (Å²) in [6, 6.07) is 8.52. The molecule has 0 bridgehead atoms. The quantitative estimate of drug-likeness (QED) is 0.919. The Hall–Kier alpha value is -1.32. The fourth-order valence-corrected chi connectivity index (χ4v) is 2.85. The third-order valence-electron chi connectivity index (χ3n) is 3.87. The Kier molecular flexibility index (Phi) is 4.51. The van der Waals surface area contributed by atoms with Crippen LogP contribution in [0.15, 0.2) is 24.3 Å². The normalized spacial score (nSPS) is 14.3. The van der Waals surface area contributed by atoms with E-state index in [9.17, 15) is 0 Å². The largest absolute Gasteiger partial charge is 0.304 e. The minimum Gasteiger partial charge on any atom is -0.304 e. The first-order valence-electron chi connectivity index (χ1n) is 6.91. The van der Waals surface area contributed by atoms with Crippen LogP contribution in [-0.4, -0.2) is 9.78 Å². The first-order chi connectivity index (χ1) is 9.40. The maximum Gasteiger partial charge on any atom is 0.0644 e. The summed E-state index contributed by atoms with van der Waals surface area (Å²) in [5.74, 6) is 0. The third kappa shape index (κ3) is 3.05. The Morgan fingerprint density at radius 3 is 2.20 bits per heavy atom. The maximum absolute atomic E-state index is 5.93. The van der Waals surface area contributed by atoms with Gasteiger partial charge in [-0.15, -0.1) is 0 Å². The van der Waals surface area contributed by atoms with E-state index in [4.69, 9.17) is 11.6 Å². The van der Waals surface area contributed by atoms with Crippen molar-refractivity contribution in [3.8, 4) is 0 Å². The number of halogens is 1. The molecule has 0 amide bonds. The molecule has 4 heteroatoms. The molecular formula is C16H22ClN3. The minimum atomic E-state index is 0.259. The van der Waals surface area contributed by atoms with E-state index < -0.39 is 0 Å². The second kappa shape index (κ2) is 5.98. The topological polar surface area (TPSA) is 29.9 Å². The third-order valence-corrected chi connectivity index (χ3v) is 4.12. The average molecular weight is 292 g/mol. The number of aromatic nitrogens is 2. The lowest BCUT2D eigenvalue weighted by molar-refractivity contribution is 0.491. The number of benzene rings is 1. The van der Waals surface area contributed by atoms with E-state index in [1.165, 1.54) is 16.8 Å². The zero-order valence-electron chi connectivity index (χ0n) is 12.7. The van der Waals surface area contributed by atoms with E-state index in [-0.39, 0.29) is 12.1 Å². The van der Waals surface area contributed by atoms with Gasteiger partial charge in [-0.25, -0.2) is 0 Å². The SMILES string of the molecule is Cc1nn(C)c(C)c1C(C)N[C@@H](C)c1ccc(Cl)cc1. The lowest BCUT2D eigenvalue weighted by Gasteiger charge is -2.21. The van der Waals surface area contributed by atoms with E-state index >= 15 is 0 Å².